The quantitative estimate of drug-likeness (QED) is 0.526. The SMILES string of the molecule is C=C(C)C(=O)OC.CCOC(=O)O. The van der Waals surface area contributed by atoms with Crippen LogP contribution in [0.15, 0.2) is 12.2 Å². The monoisotopic (exact) mass is 190 g/mol. The predicted molar refractivity (Wildman–Crippen MR) is 46.5 cm³/mol. The van der Waals surface area contributed by atoms with Crippen molar-refractivity contribution in [3.05, 3.63) is 12.2 Å². The van der Waals surface area contributed by atoms with Crippen molar-refractivity contribution in [1.82, 2.24) is 0 Å². The summed E-state index contributed by atoms with van der Waals surface area (Å²) in [5.41, 5.74) is 0.433. The molecule has 0 aromatic rings. The fourth-order valence-corrected chi connectivity index (χ4v) is 0.298. The van der Waals surface area contributed by atoms with E-state index in [1.165, 1.54) is 7.11 Å². The summed E-state index contributed by atoms with van der Waals surface area (Å²) < 4.78 is 8.23. The van der Waals surface area contributed by atoms with Gasteiger partial charge in [-0.25, -0.2) is 9.59 Å². The minimum absolute atomic E-state index is 0.231. The normalized spacial score (nSPS) is 7.62. The van der Waals surface area contributed by atoms with E-state index < -0.39 is 6.16 Å². The van der Waals surface area contributed by atoms with E-state index in [4.69, 9.17) is 5.11 Å². The molecule has 0 fully saturated rings. The van der Waals surface area contributed by atoms with E-state index in [-0.39, 0.29) is 12.6 Å². The Morgan fingerprint density at radius 1 is 1.46 bits per heavy atom. The third kappa shape index (κ3) is 13.5. The Morgan fingerprint density at radius 3 is 1.92 bits per heavy atom. The first-order valence-corrected chi connectivity index (χ1v) is 3.55. The molecular weight excluding hydrogens is 176 g/mol. The molecule has 5 nitrogen and oxygen atoms in total. The molecule has 0 aromatic heterocycles. The van der Waals surface area contributed by atoms with Crippen molar-refractivity contribution >= 4 is 12.1 Å². The van der Waals surface area contributed by atoms with Crippen molar-refractivity contribution < 1.29 is 24.2 Å². The smallest absolute Gasteiger partial charge is 0.466 e. The van der Waals surface area contributed by atoms with Crippen molar-refractivity contribution in [2.45, 2.75) is 13.8 Å². The van der Waals surface area contributed by atoms with Crippen LogP contribution < -0.4 is 0 Å². The number of ether oxygens (including phenoxy) is 2. The lowest BCUT2D eigenvalue weighted by atomic mass is 10.4. The molecule has 0 aliphatic carbocycles. The zero-order chi connectivity index (χ0) is 10.9. The Morgan fingerprint density at radius 2 is 1.92 bits per heavy atom. The van der Waals surface area contributed by atoms with Crippen LogP contribution in [0.5, 0.6) is 0 Å². The Kier molecular flexibility index (Phi) is 9.25. The highest BCUT2D eigenvalue weighted by Crippen LogP contribution is 1.87. The molecule has 1 N–H and O–H groups in total. The van der Waals surface area contributed by atoms with Gasteiger partial charge in [0, 0.05) is 5.57 Å². The molecule has 13 heavy (non-hydrogen) atoms. The van der Waals surface area contributed by atoms with E-state index in [1.54, 1.807) is 13.8 Å². The first-order chi connectivity index (χ1) is 5.95. The van der Waals surface area contributed by atoms with Crippen LogP contribution >= 0.6 is 0 Å². The Labute approximate surface area is 77.0 Å². The molecule has 0 radical (unpaired) electrons. The summed E-state index contributed by atoms with van der Waals surface area (Å²) in [5.74, 6) is -0.347. The molecule has 0 aromatic carbocycles. The van der Waals surface area contributed by atoms with E-state index in [0.29, 0.717) is 5.57 Å². The topological polar surface area (TPSA) is 72.8 Å². The lowest BCUT2D eigenvalue weighted by molar-refractivity contribution is -0.136. The van der Waals surface area contributed by atoms with Gasteiger partial charge in [0.05, 0.1) is 13.7 Å². The lowest BCUT2D eigenvalue weighted by Crippen LogP contribution is -1.98. The van der Waals surface area contributed by atoms with Crippen LogP contribution in [-0.4, -0.2) is 30.9 Å². The predicted octanol–water partition coefficient (Wildman–Crippen LogP) is 1.44. The van der Waals surface area contributed by atoms with Gasteiger partial charge in [0.15, 0.2) is 0 Å². The van der Waals surface area contributed by atoms with Crippen LogP contribution in [-0.2, 0) is 14.3 Å². The Balaban J connectivity index is 0. The van der Waals surface area contributed by atoms with Crippen LogP contribution in [0, 0.1) is 0 Å². The number of carboxylic acid groups (broad SMARTS) is 1. The standard InChI is InChI=1S/C5H8O2.C3H6O3/c1-4(2)5(6)7-3;1-2-6-3(4)5/h1H2,2-3H3;2H2,1H3,(H,4,5). The molecule has 0 aliphatic heterocycles. The van der Waals surface area contributed by atoms with Crippen LogP contribution in [0.4, 0.5) is 4.79 Å². The van der Waals surface area contributed by atoms with Crippen LogP contribution in [0.25, 0.3) is 0 Å². The summed E-state index contributed by atoms with van der Waals surface area (Å²) in [6.45, 7) is 6.80. The summed E-state index contributed by atoms with van der Waals surface area (Å²) in [4.78, 5) is 19.6. The summed E-state index contributed by atoms with van der Waals surface area (Å²) in [7, 11) is 1.33. The maximum Gasteiger partial charge on any atom is 0.505 e. The fourth-order valence-electron chi connectivity index (χ4n) is 0.298. The van der Waals surface area contributed by atoms with Gasteiger partial charge in [0.1, 0.15) is 0 Å². The Hall–Kier alpha value is -1.52. The lowest BCUT2D eigenvalue weighted by Gasteiger charge is -1.91. The zero-order valence-corrected chi connectivity index (χ0v) is 7.99. The summed E-state index contributed by atoms with van der Waals surface area (Å²) in [6, 6.07) is 0. The maximum absolute atomic E-state index is 10.2. The Bertz CT molecular complexity index is 185. The number of methoxy groups -OCH3 is 1. The number of carbonyl (C=O) groups excluding carboxylic acids is 1. The average molecular weight is 190 g/mol. The van der Waals surface area contributed by atoms with Crippen molar-refractivity contribution in [3.63, 3.8) is 0 Å². The molecule has 0 amide bonds. The van der Waals surface area contributed by atoms with Gasteiger partial charge in [-0.05, 0) is 13.8 Å². The molecule has 0 aliphatic rings. The molecule has 0 unspecified atom stereocenters. The minimum atomic E-state index is -1.21. The van der Waals surface area contributed by atoms with Gasteiger partial charge in [-0.1, -0.05) is 6.58 Å². The van der Waals surface area contributed by atoms with Crippen molar-refractivity contribution in [3.8, 4) is 0 Å². The van der Waals surface area contributed by atoms with Crippen LogP contribution in [0.2, 0.25) is 0 Å². The number of hydrogen-bond donors (Lipinski definition) is 1. The molecule has 0 spiro atoms. The third-order valence-corrected chi connectivity index (χ3v) is 0.802. The van der Waals surface area contributed by atoms with E-state index in [2.05, 4.69) is 16.1 Å². The summed E-state index contributed by atoms with van der Waals surface area (Å²) in [6.07, 6.45) is -1.21. The second-order valence-electron chi connectivity index (χ2n) is 1.97. The van der Waals surface area contributed by atoms with E-state index in [0.717, 1.165) is 0 Å². The van der Waals surface area contributed by atoms with E-state index in [9.17, 15) is 9.59 Å². The molecule has 0 atom stereocenters. The largest absolute Gasteiger partial charge is 0.505 e. The third-order valence-electron chi connectivity index (χ3n) is 0.802. The van der Waals surface area contributed by atoms with Crippen LogP contribution in [0.1, 0.15) is 13.8 Å². The van der Waals surface area contributed by atoms with Gasteiger partial charge >= 0.3 is 12.1 Å². The second kappa shape index (κ2) is 8.58. The molecule has 0 rings (SSSR count). The van der Waals surface area contributed by atoms with E-state index >= 15 is 0 Å². The molecule has 0 saturated carbocycles. The highest BCUT2D eigenvalue weighted by atomic mass is 16.7. The van der Waals surface area contributed by atoms with Gasteiger partial charge in [0.2, 0.25) is 0 Å². The van der Waals surface area contributed by atoms with Gasteiger partial charge in [0.25, 0.3) is 0 Å². The average Bonchev–Trinajstić information content (AvgIpc) is 2.03. The molecule has 76 valence electrons. The highest BCUT2D eigenvalue weighted by molar-refractivity contribution is 5.86. The second-order valence-corrected chi connectivity index (χ2v) is 1.97. The van der Waals surface area contributed by atoms with Crippen LogP contribution in [0.3, 0.4) is 0 Å². The highest BCUT2D eigenvalue weighted by Gasteiger charge is 1.95. The summed E-state index contributed by atoms with van der Waals surface area (Å²) in [5, 5.41) is 7.69. The van der Waals surface area contributed by atoms with Crippen molar-refractivity contribution in [1.29, 1.82) is 0 Å². The first kappa shape index (κ1) is 14.0. The van der Waals surface area contributed by atoms with E-state index in [1.807, 2.05) is 0 Å². The molecule has 0 saturated heterocycles. The number of rotatable bonds is 2. The van der Waals surface area contributed by atoms with Crippen molar-refractivity contribution in [2.75, 3.05) is 13.7 Å². The molecule has 5 heteroatoms. The molecule has 0 heterocycles. The number of esters is 1. The molecule has 0 bridgehead atoms. The minimum Gasteiger partial charge on any atom is -0.466 e. The van der Waals surface area contributed by atoms with Crippen molar-refractivity contribution in [2.24, 2.45) is 0 Å². The van der Waals surface area contributed by atoms with Gasteiger partial charge < -0.3 is 14.6 Å². The summed E-state index contributed by atoms with van der Waals surface area (Å²) >= 11 is 0. The zero-order valence-electron chi connectivity index (χ0n) is 7.99. The first-order valence-electron chi connectivity index (χ1n) is 3.55. The van der Waals surface area contributed by atoms with Gasteiger partial charge in [-0.2, -0.15) is 0 Å². The fraction of sp³-hybridized carbons (Fsp3) is 0.500. The maximum atomic E-state index is 10.2. The van der Waals surface area contributed by atoms with Gasteiger partial charge in [-0.3, -0.25) is 0 Å². The number of carbonyl (C=O) groups is 2. The number of hydrogen-bond acceptors (Lipinski definition) is 4. The van der Waals surface area contributed by atoms with Gasteiger partial charge in [-0.15, -0.1) is 0 Å². The molecular formula is C8H14O5.